The predicted octanol–water partition coefficient (Wildman–Crippen LogP) is 6.71. The van der Waals surface area contributed by atoms with E-state index in [1.807, 2.05) is 86.8 Å². The van der Waals surface area contributed by atoms with Crippen LogP contribution in [0.1, 0.15) is 62.0 Å². The first-order chi connectivity index (χ1) is 27.6. The van der Waals surface area contributed by atoms with Crippen molar-refractivity contribution in [2.75, 3.05) is 27.3 Å². The van der Waals surface area contributed by atoms with Gasteiger partial charge in [0, 0.05) is 24.8 Å². The molecule has 4 atom stereocenters. The number of likely N-dealkylation sites (tertiary alicyclic amines) is 1. The second kappa shape index (κ2) is 17.0. The molecule has 0 saturated carbocycles. The Morgan fingerprint density at radius 2 is 1.44 bits per heavy atom. The van der Waals surface area contributed by atoms with Crippen molar-refractivity contribution in [3.05, 3.63) is 121 Å². The third kappa shape index (κ3) is 8.30. The molecular formula is C43H46N8O6. The molecule has 1 fully saturated rings. The zero-order chi connectivity index (χ0) is 40.1. The number of hydrogen-bond acceptors (Lipinski definition) is 8. The van der Waals surface area contributed by atoms with Gasteiger partial charge in [-0.15, -0.1) is 0 Å². The van der Waals surface area contributed by atoms with Gasteiger partial charge in [-0.1, -0.05) is 105 Å². The van der Waals surface area contributed by atoms with Crippen molar-refractivity contribution in [1.29, 1.82) is 0 Å². The molecule has 14 nitrogen and oxygen atoms in total. The molecule has 4 heterocycles. The first kappa shape index (κ1) is 38.6. The number of carbonyl (C=O) groups excluding carboxylic acids is 4. The Balaban J connectivity index is 1.01. The molecule has 0 aliphatic carbocycles. The van der Waals surface area contributed by atoms with Gasteiger partial charge in [0.1, 0.15) is 29.8 Å². The maximum Gasteiger partial charge on any atom is 0.407 e. The number of methoxy groups -OCH3 is 2. The number of alkyl carbamates (subject to hydrolysis) is 2. The Labute approximate surface area is 330 Å². The number of benzene rings is 3. The fourth-order valence-corrected chi connectivity index (χ4v) is 7.42. The number of imidazole rings is 2. The minimum Gasteiger partial charge on any atom is -0.453 e. The van der Waals surface area contributed by atoms with E-state index in [9.17, 15) is 19.2 Å². The van der Waals surface area contributed by atoms with Gasteiger partial charge in [0.25, 0.3) is 5.91 Å². The first-order valence-electron chi connectivity index (χ1n) is 19.0. The molecule has 2 aliphatic rings. The topological polar surface area (TPSA) is 175 Å². The van der Waals surface area contributed by atoms with Crippen LogP contribution in [-0.2, 0) is 19.1 Å². The van der Waals surface area contributed by atoms with E-state index in [1.54, 1.807) is 16.0 Å². The van der Waals surface area contributed by atoms with Gasteiger partial charge >= 0.3 is 12.2 Å². The first-order valence-corrected chi connectivity index (χ1v) is 19.0. The van der Waals surface area contributed by atoms with E-state index in [0.29, 0.717) is 30.3 Å². The molecule has 4 N–H and O–H groups in total. The zero-order valence-electron chi connectivity index (χ0n) is 32.3. The van der Waals surface area contributed by atoms with Crippen molar-refractivity contribution >= 4 is 24.0 Å². The molecule has 57 heavy (non-hydrogen) atoms. The Morgan fingerprint density at radius 1 is 0.789 bits per heavy atom. The van der Waals surface area contributed by atoms with Crippen molar-refractivity contribution in [3.8, 4) is 33.6 Å². The van der Waals surface area contributed by atoms with Crippen LogP contribution >= 0.6 is 0 Å². The van der Waals surface area contributed by atoms with Crippen LogP contribution in [-0.4, -0.2) is 87.1 Å². The summed E-state index contributed by atoms with van der Waals surface area (Å²) in [6, 6.07) is 23.2. The molecular weight excluding hydrogens is 725 g/mol. The average Bonchev–Trinajstić information content (AvgIpc) is 4.09. The highest BCUT2D eigenvalue weighted by atomic mass is 16.5. The molecule has 2 aromatic heterocycles. The molecule has 1 saturated heterocycles. The highest BCUT2D eigenvalue weighted by Crippen LogP contribution is 2.35. The Bertz CT molecular complexity index is 2230. The Kier molecular flexibility index (Phi) is 11.5. The number of nitrogens with zero attached hydrogens (tertiary/aromatic N) is 4. The Hall–Kier alpha value is -6.70. The molecule has 294 valence electrons. The van der Waals surface area contributed by atoms with Crippen molar-refractivity contribution in [3.63, 3.8) is 0 Å². The second-order valence-electron chi connectivity index (χ2n) is 14.4. The van der Waals surface area contributed by atoms with Gasteiger partial charge in [0.15, 0.2) is 0 Å². The summed E-state index contributed by atoms with van der Waals surface area (Å²) in [5.74, 6) is 0.770. The minimum atomic E-state index is -0.883. The second-order valence-corrected chi connectivity index (χ2v) is 14.4. The van der Waals surface area contributed by atoms with E-state index in [4.69, 9.17) is 14.5 Å². The average molecular weight is 771 g/mol. The molecule has 0 radical (unpaired) electrons. The lowest BCUT2D eigenvalue weighted by Crippen LogP contribution is -2.51. The van der Waals surface area contributed by atoms with Crippen LogP contribution in [0.4, 0.5) is 9.59 Å². The van der Waals surface area contributed by atoms with Crippen LogP contribution in [0.25, 0.3) is 33.6 Å². The largest absolute Gasteiger partial charge is 0.453 e. The summed E-state index contributed by atoms with van der Waals surface area (Å²) in [5.41, 5.74) is 6.22. The molecule has 0 spiro atoms. The molecule has 1 unspecified atom stereocenters. The van der Waals surface area contributed by atoms with Crippen molar-refractivity contribution in [2.24, 2.45) is 5.92 Å². The van der Waals surface area contributed by atoms with Gasteiger partial charge in [-0.25, -0.2) is 19.6 Å². The van der Waals surface area contributed by atoms with Crippen LogP contribution in [0.2, 0.25) is 0 Å². The number of hydrogen-bond donors (Lipinski definition) is 4. The molecule has 14 heteroatoms. The highest BCUT2D eigenvalue weighted by molar-refractivity contribution is 5.88. The third-order valence-corrected chi connectivity index (χ3v) is 10.5. The van der Waals surface area contributed by atoms with E-state index >= 15 is 0 Å². The standard InChI is InChI=1S/C43H46N8O6/c1-26(2)36(48-42(54)56-3)40(52)50-22-8-12-34(50)38-44-24-32(46-38)29-18-14-27(15-19-29)28-16-20-30(21-17-28)33-25-45-39(47-33)35-13-9-23-51(35)41(53)37(49-43(55)57-4)31-10-6-5-7-11-31/h5-8,10-12,14-21,24-26,34-37H,9,13,22-23H2,1-4H3,(H,44,46)(H,45,47)(H,48,54)(H,49,55)/t34?,35-,36-,37+/m0/s1. The van der Waals surface area contributed by atoms with Crippen molar-refractivity contribution in [1.82, 2.24) is 40.4 Å². The SMILES string of the molecule is COC(=O)N[C@H](C(=O)N1CC=CC1c1ncc(-c2ccc(-c3ccc(-c4c[nH]c([C@@H]5CCCN5C(=O)[C@H](NC(=O)OC)c5ccccc5)n4)cc3)cc2)[nH]1)C(C)C. The van der Waals surface area contributed by atoms with E-state index in [1.165, 1.54) is 14.2 Å². The van der Waals surface area contributed by atoms with E-state index < -0.39 is 30.3 Å². The molecule has 7 rings (SSSR count). The number of nitrogens with one attached hydrogen (secondary N) is 4. The fourth-order valence-electron chi connectivity index (χ4n) is 7.42. The third-order valence-electron chi connectivity index (χ3n) is 10.5. The summed E-state index contributed by atoms with van der Waals surface area (Å²) in [7, 11) is 2.55. The molecule has 0 bridgehead atoms. The lowest BCUT2D eigenvalue weighted by Gasteiger charge is -2.29. The van der Waals surface area contributed by atoms with E-state index in [2.05, 4.69) is 49.9 Å². The number of ether oxygens (including phenoxy) is 2. The number of aromatic amines is 2. The smallest absolute Gasteiger partial charge is 0.407 e. The van der Waals surface area contributed by atoms with Crippen LogP contribution in [0.15, 0.2) is 103 Å². The van der Waals surface area contributed by atoms with Gasteiger partial charge in [-0.2, -0.15) is 0 Å². The van der Waals surface area contributed by atoms with Crippen LogP contribution in [0, 0.1) is 5.92 Å². The summed E-state index contributed by atoms with van der Waals surface area (Å²) in [6.07, 6.45) is 7.73. The molecule has 3 aromatic carbocycles. The normalized spacial score (nSPS) is 17.4. The van der Waals surface area contributed by atoms with Gasteiger partial charge in [0.2, 0.25) is 5.91 Å². The van der Waals surface area contributed by atoms with Gasteiger partial charge in [-0.05, 0) is 41.0 Å². The van der Waals surface area contributed by atoms with Crippen LogP contribution in [0.5, 0.6) is 0 Å². The number of carbonyl (C=O) groups is 4. The van der Waals surface area contributed by atoms with Crippen molar-refractivity contribution < 1.29 is 28.7 Å². The lowest BCUT2D eigenvalue weighted by atomic mass is 10.0. The predicted molar refractivity (Wildman–Crippen MR) is 213 cm³/mol. The van der Waals surface area contributed by atoms with Gasteiger partial charge in [-0.3, -0.25) is 9.59 Å². The van der Waals surface area contributed by atoms with Crippen molar-refractivity contribution in [2.45, 2.75) is 50.9 Å². The fraction of sp³-hybridized carbons (Fsp3) is 0.302. The number of rotatable bonds is 11. The summed E-state index contributed by atoms with van der Waals surface area (Å²) in [5, 5.41) is 5.37. The summed E-state index contributed by atoms with van der Waals surface area (Å²) in [6.45, 7) is 4.72. The van der Waals surface area contributed by atoms with E-state index in [0.717, 1.165) is 46.5 Å². The Morgan fingerprint density at radius 3 is 2.11 bits per heavy atom. The minimum absolute atomic E-state index is 0.136. The summed E-state index contributed by atoms with van der Waals surface area (Å²) < 4.78 is 9.56. The monoisotopic (exact) mass is 770 g/mol. The van der Waals surface area contributed by atoms with Gasteiger partial charge in [0.05, 0.1) is 37.8 Å². The van der Waals surface area contributed by atoms with Gasteiger partial charge < -0.3 is 39.9 Å². The zero-order valence-corrected chi connectivity index (χ0v) is 32.3. The molecule has 2 aliphatic heterocycles. The maximum atomic E-state index is 13.9. The van der Waals surface area contributed by atoms with Crippen LogP contribution < -0.4 is 10.6 Å². The van der Waals surface area contributed by atoms with E-state index in [-0.39, 0.29) is 23.8 Å². The number of aromatic nitrogens is 4. The lowest BCUT2D eigenvalue weighted by molar-refractivity contribution is -0.135. The van der Waals surface area contributed by atoms with Crippen LogP contribution in [0.3, 0.4) is 0 Å². The number of amides is 4. The maximum absolute atomic E-state index is 13.9. The summed E-state index contributed by atoms with van der Waals surface area (Å²) >= 11 is 0. The highest BCUT2D eigenvalue weighted by Gasteiger charge is 2.38. The molecule has 4 amide bonds. The quantitative estimate of drug-likeness (QED) is 0.107. The number of H-pyrrole nitrogens is 2. The molecule has 5 aromatic rings. The summed E-state index contributed by atoms with van der Waals surface area (Å²) in [4.78, 5) is 71.2.